The summed E-state index contributed by atoms with van der Waals surface area (Å²) in [5, 5.41) is 7.76. The highest BCUT2D eigenvalue weighted by atomic mass is 32.1. The molecule has 0 saturated carbocycles. The van der Waals surface area contributed by atoms with Gasteiger partial charge in [-0.3, -0.25) is 5.43 Å². The van der Waals surface area contributed by atoms with Gasteiger partial charge in [-0.2, -0.15) is 5.10 Å². The Morgan fingerprint density at radius 2 is 1.80 bits per heavy atom. The molecular weight excluding hydrogens is 266 g/mol. The average Bonchev–Trinajstić information content (AvgIpc) is 2.48. The smallest absolute Gasteiger partial charge is 0.187 e. The molecule has 0 radical (unpaired) electrons. The molecule has 0 aliphatic rings. The standard InChI is InChI=1S/C16H17N3S/c1-13-7-5-6-10-15(13)12-18-19-16(20)17-11-14-8-3-2-4-9-14/h2-10,12H,11H2,1H3,(H2,17,19,20)/b18-12-. The first-order valence-corrected chi connectivity index (χ1v) is 6.83. The van der Waals surface area contributed by atoms with Gasteiger partial charge in [-0.15, -0.1) is 0 Å². The van der Waals surface area contributed by atoms with Crippen molar-refractivity contribution in [2.75, 3.05) is 0 Å². The zero-order valence-electron chi connectivity index (χ0n) is 11.3. The van der Waals surface area contributed by atoms with Crippen molar-refractivity contribution in [1.82, 2.24) is 10.7 Å². The first-order valence-electron chi connectivity index (χ1n) is 6.42. The topological polar surface area (TPSA) is 36.4 Å². The number of aryl methyl sites for hydroxylation is 1. The Balaban J connectivity index is 1.79. The van der Waals surface area contributed by atoms with Gasteiger partial charge in [0.15, 0.2) is 5.11 Å². The van der Waals surface area contributed by atoms with Crippen LogP contribution in [0.3, 0.4) is 0 Å². The SMILES string of the molecule is Cc1ccccc1/C=N\NC(=S)NCc1ccccc1. The average molecular weight is 283 g/mol. The van der Waals surface area contributed by atoms with Crippen LogP contribution in [-0.2, 0) is 6.54 Å². The van der Waals surface area contributed by atoms with E-state index in [0.29, 0.717) is 11.7 Å². The number of hydrogen-bond donors (Lipinski definition) is 2. The molecular formula is C16H17N3S. The third-order valence-corrected chi connectivity index (χ3v) is 3.09. The van der Waals surface area contributed by atoms with Crippen molar-refractivity contribution in [2.45, 2.75) is 13.5 Å². The quantitative estimate of drug-likeness (QED) is 0.514. The second-order valence-corrected chi connectivity index (χ2v) is 4.80. The molecule has 0 aliphatic carbocycles. The monoisotopic (exact) mass is 283 g/mol. The number of thiocarbonyl (C=S) groups is 1. The molecule has 2 rings (SSSR count). The molecule has 0 amide bonds. The summed E-state index contributed by atoms with van der Waals surface area (Å²) in [5.41, 5.74) is 6.26. The number of nitrogens with one attached hydrogen (secondary N) is 2. The molecule has 2 aromatic carbocycles. The van der Waals surface area contributed by atoms with Gasteiger partial charge in [0, 0.05) is 6.54 Å². The summed E-state index contributed by atoms with van der Waals surface area (Å²) >= 11 is 5.17. The maximum Gasteiger partial charge on any atom is 0.187 e. The number of nitrogens with zero attached hydrogens (tertiary/aromatic N) is 1. The lowest BCUT2D eigenvalue weighted by atomic mass is 10.1. The lowest BCUT2D eigenvalue weighted by Crippen LogP contribution is -2.31. The van der Waals surface area contributed by atoms with Crippen LogP contribution in [0.4, 0.5) is 0 Å². The van der Waals surface area contributed by atoms with Crippen LogP contribution in [0, 0.1) is 6.92 Å². The first-order chi connectivity index (χ1) is 9.75. The fourth-order valence-corrected chi connectivity index (χ4v) is 1.83. The minimum absolute atomic E-state index is 0.513. The van der Waals surface area contributed by atoms with Crippen molar-refractivity contribution >= 4 is 23.5 Å². The second kappa shape index (κ2) is 7.40. The van der Waals surface area contributed by atoms with E-state index in [2.05, 4.69) is 15.8 Å². The fraction of sp³-hybridized carbons (Fsp3) is 0.125. The first kappa shape index (κ1) is 14.2. The van der Waals surface area contributed by atoms with Gasteiger partial charge in [-0.25, -0.2) is 0 Å². The van der Waals surface area contributed by atoms with E-state index in [0.717, 1.165) is 5.56 Å². The molecule has 2 N–H and O–H groups in total. The summed E-state index contributed by atoms with van der Waals surface area (Å²) in [6, 6.07) is 18.2. The summed E-state index contributed by atoms with van der Waals surface area (Å²) in [7, 11) is 0. The summed E-state index contributed by atoms with van der Waals surface area (Å²) in [5.74, 6) is 0. The maximum absolute atomic E-state index is 5.17. The van der Waals surface area contributed by atoms with Crippen LogP contribution in [0.25, 0.3) is 0 Å². The molecule has 0 spiro atoms. The lowest BCUT2D eigenvalue weighted by Gasteiger charge is -2.06. The molecule has 0 bridgehead atoms. The summed E-state index contributed by atoms with van der Waals surface area (Å²) < 4.78 is 0. The maximum atomic E-state index is 5.17. The summed E-state index contributed by atoms with van der Waals surface area (Å²) in [6.45, 7) is 2.74. The minimum atomic E-state index is 0.513. The van der Waals surface area contributed by atoms with Crippen molar-refractivity contribution in [2.24, 2.45) is 5.10 Å². The molecule has 20 heavy (non-hydrogen) atoms. The molecule has 3 nitrogen and oxygen atoms in total. The van der Waals surface area contributed by atoms with Gasteiger partial charge in [-0.1, -0.05) is 54.6 Å². The molecule has 2 aromatic rings. The van der Waals surface area contributed by atoms with Crippen LogP contribution in [0.15, 0.2) is 59.7 Å². The molecule has 0 unspecified atom stereocenters. The van der Waals surface area contributed by atoms with Crippen LogP contribution in [0.5, 0.6) is 0 Å². The van der Waals surface area contributed by atoms with Crippen molar-refractivity contribution in [3.63, 3.8) is 0 Å². The van der Waals surface area contributed by atoms with E-state index < -0.39 is 0 Å². The fourth-order valence-electron chi connectivity index (χ4n) is 1.71. The van der Waals surface area contributed by atoms with E-state index in [-0.39, 0.29) is 0 Å². The zero-order chi connectivity index (χ0) is 14.2. The van der Waals surface area contributed by atoms with Gasteiger partial charge >= 0.3 is 0 Å². The van der Waals surface area contributed by atoms with Crippen molar-refractivity contribution < 1.29 is 0 Å². The van der Waals surface area contributed by atoms with E-state index in [1.807, 2.05) is 61.5 Å². The molecule has 0 fully saturated rings. The van der Waals surface area contributed by atoms with E-state index in [1.54, 1.807) is 6.21 Å². The van der Waals surface area contributed by atoms with E-state index in [4.69, 9.17) is 12.2 Å². The molecule has 0 aliphatic heterocycles. The van der Waals surface area contributed by atoms with E-state index in [1.165, 1.54) is 11.1 Å². The summed E-state index contributed by atoms with van der Waals surface area (Å²) in [4.78, 5) is 0. The van der Waals surface area contributed by atoms with Crippen LogP contribution in [0.1, 0.15) is 16.7 Å². The normalized spacial score (nSPS) is 10.4. The molecule has 4 heteroatoms. The Hall–Kier alpha value is -2.20. The Labute approximate surface area is 124 Å². The highest BCUT2D eigenvalue weighted by molar-refractivity contribution is 7.80. The zero-order valence-corrected chi connectivity index (χ0v) is 12.2. The molecule has 0 heterocycles. The predicted molar refractivity (Wildman–Crippen MR) is 87.8 cm³/mol. The van der Waals surface area contributed by atoms with Gasteiger partial charge in [0.1, 0.15) is 0 Å². The Bertz CT molecular complexity index is 594. The van der Waals surface area contributed by atoms with Crippen molar-refractivity contribution in [3.8, 4) is 0 Å². The van der Waals surface area contributed by atoms with E-state index in [9.17, 15) is 0 Å². The summed E-state index contributed by atoms with van der Waals surface area (Å²) in [6.07, 6.45) is 1.77. The lowest BCUT2D eigenvalue weighted by molar-refractivity contribution is 0.869. The minimum Gasteiger partial charge on any atom is -0.357 e. The van der Waals surface area contributed by atoms with Crippen LogP contribution >= 0.6 is 12.2 Å². The molecule has 0 aromatic heterocycles. The number of hydrogen-bond acceptors (Lipinski definition) is 2. The van der Waals surface area contributed by atoms with Gasteiger partial charge < -0.3 is 5.32 Å². The van der Waals surface area contributed by atoms with Crippen molar-refractivity contribution in [1.29, 1.82) is 0 Å². The third kappa shape index (κ3) is 4.48. The molecule has 102 valence electrons. The van der Waals surface area contributed by atoms with Gasteiger partial charge in [0.25, 0.3) is 0 Å². The van der Waals surface area contributed by atoms with Gasteiger partial charge in [0.2, 0.25) is 0 Å². The van der Waals surface area contributed by atoms with Crippen molar-refractivity contribution in [3.05, 3.63) is 71.3 Å². The van der Waals surface area contributed by atoms with Gasteiger partial charge in [0.05, 0.1) is 6.21 Å². The number of hydrazone groups is 1. The van der Waals surface area contributed by atoms with E-state index >= 15 is 0 Å². The van der Waals surface area contributed by atoms with Crippen LogP contribution in [0.2, 0.25) is 0 Å². The highest BCUT2D eigenvalue weighted by Gasteiger charge is 1.95. The molecule has 0 saturated heterocycles. The van der Waals surface area contributed by atoms with Crippen LogP contribution in [-0.4, -0.2) is 11.3 Å². The number of benzene rings is 2. The second-order valence-electron chi connectivity index (χ2n) is 4.39. The Morgan fingerprint density at radius 3 is 2.55 bits per heavy atom. The predicted octanol–water partition coefficient (Wildman–Crippen LogP) is 2.99. The van der Waals surface area contributed by atoms with Gasteiger partial charge in [-0.05, 0) is 35.8 Å². The Morgan fingerprint density at radius 1 is 1.10 bits per heavy atom. The third-order valence-electron chi connectivity index (χ3n) is 2.85. The largest absolute Gasteiger partial charge is 0.357 e. The highest BCUT2D eigenvalue weighted by Crippen LogP contribution is 2.03. The number of rotatable bonds is 4. The Kier molecular flexibility index (Phi) is 5.26. The van der Waals surface area contributed by atoms with Crippen LogP contribution < -0.4 is 10.7 Å². The molecule has 0 atom stereocenters.